The smallest absolute Gasteiger partial charge is 0.111 e. The van der Waals surface area contributed by atoms with Gasteiger partial charge in [-0.25, -0.2) is 0 Å². The van der Waals surface area contributed by atoms with E-state index >= 15 is 0 Å². The Morgan fingerprint density at radius 2 is 2.00 bits per heavy atom. The summed E-state index contributed by atoms with van der Waals surface area (Å²) in [6.45, 7) is 0.247. The molecule has 0 aromatic rings. The molecule has 12 heavy (non-hydrogen) atoms. The number of rotatable bonds is 2. The van der Waals surface area contributed by atoms with Crippen LogP contribution in [-0.2, 0) is 9.47 Å². The number of methoxy groups -OCH3 is 1. The molecule has 0 aromatic carbocycles. The number of aliphatic hydroxyl groups is 3. The molecular formula is C7H14O5. The number of ether oxygens (including phenoxy) is 2. The highest BCUT2D eigenvalue weighted by molar-refractivity contribution is 4.86. The minimum atomic E-state index is -1.14. The molecular weight excluding hydrogens is 164 g/mol. The highest BCUT2D eigenvalue weighted by Crippen LogP contribution is 2.15. The van der Waals surface area contributed by atoms with Crippen LogP contribution >= 0.6 is 0 Å². The molecule has 1 saturated heterocycles. The van der Waals surface area contributed by atoms with E-state index in [1.165, 1.54) is 7.11 Å². The van der Waals surface area contributed by atoms with E-state index in [9.17, 15) is 10.2 Å². The summed E-state index contributed by atoms with van der Waals surface area (Å²) in [5, 5.41) is 27.6. The summed E-state index contributed by atoms with van der Waals surface area (Å²) >= 11 is 0. The fourth-order valence-electron chi connectivity index (χ4n) is 1.18. The second-order valence-corrected chi connectivity index (χ2v) is 2.88. The highest BCUT2D eigenvalue weighted by Gasteiger charge is 2.37. The van der Waals surface area contributed by atoms with E-state index in [-0.39, 0.29) is 13.2 Å². The van der Waals surface area contributed by atoms with E-state index in [2.05, 4.69) is 0 Å². The molecule has 1 aliphatic heterocycles. The summed E-state index contributed by atoms with van der Waals surface area (Å²) in [7, 11) is 1.48. The third-order valence-corrected chi connectivity index (χ3v) is 1.94. The third-order valence-electron chi connectivity index (χ3n) is 1.94. The molecule has 5 heteroatoms. The quantitative estimate of drug-likeness (QED) is 0.461. The molecule has 1 rings (SSSR count). The molecule has 0 saturated carbocycles. The zero-order chi connectivity index (χ0) is 9.14. The van der Waals surface area contributed by atoms with Crippen molar-refractivity contribution in [2.45, 2.75) is 24.4 Å². The molecule has 0 aliphatic carbocycles. The molecule has 1 fully saturated rings. The second-order valence-electron chi connectivity index (χ2n) is 2.88. The molecule has 0 aromatic heterocycles. The maximum atomic E-state index is 9.32. The van der Waals surface area contributed by atoms with E-state index in [0.29, 0.717) is 0 Å². The van der Waals surface area contributed by atoms with Crippen LogP contribution < -0.4 is 0 Å². The standard InChI is InChI=1S/C7H14O5/c1-11-3-5-7(10)6(9)4(8)2-12-5/h4-10H,2-3H2,1H3/t4-,5-,6-,7-/m1/s1. The Morgan fingerprint density at radius 3 is 2.58 bits per heavy atom. The maximum Gasteiger partial charge on any atom is 0.111 e. The maximum absolute atomic E-state index is 9.32. The lowest BCUT2D eigenvalue weighted by atomic mass is 10.0. The Labute approximate surface area is 70.5 Å². The normalized spacial score (nSPS) is 43.0. The summed E-state index contributed by atoms with van der Waals surface area (Å²) in [5.74, 6) is 0. The van der Waals surface area contributed by atoms with Crippen LogP contribution in [0.2, 0.25) is 0 Å². The molecule has 0 radical (unpaired) electrons. The summed E-state index contributed by atoms with van der Waals surface area (Å²) in [4.78, 5) is 0. The molecule has 3 N–H and O–H groups in total. The molecule has 1 heterocycles. The van der Waals surface area contributed by atoms with Gasteiger partial charge in [0, 0.05) is 7.11 Å². The van der Waals surface area contributed by atoms with Gasteiger partial charge in [-0.05, 0) is 0 Å². The minimum Gasteiger partial charge on any atom is -0.388 e. The molecule has 5 nitrogen and oxygen atoms in total. The van der Waals surface area contributed by atoms with Crippen molar-refractivity contribution in [3.63, 3.8) is 0 Å². The summed E-state index contributed by atoms with van der Waals surface area (Å²) in [6, 6.07) is 0. The van der Waals surface area contributed by atoms with Gasteiger partial charge in [-0.1, -0.05) is 0 Å². The first kappa shape index (κ1) is 9.88. The average Bonchev–Trinajstić information content (AvgIpc) is 2.07. The van der Waals surface area contributed by atoms with Gasteiger partial charge in [0.25, 0.3) is 0 Å². The summed E-state index contributed by atoms with van der Waals surface area (Å²) < 4.78 is 9.79. The van der Waals surface area contributed by atoms with Gasteiger partial charge >= 0.3 is 0 Å². The van der Waals surface area contributed by atoms with Crippen molar-refractivity contribution in [3.8, 4) is 0 Å². The Morgan fingerprint density at radius 1 is 1.33 bits per heavy atom. The Balaban J connectivity index is 2.46. The van der Waals surface area contributed by atoms with E-state index < -0.39 is 24.4 Å². The zero-order valence-electron chi connectivity index (χ0n) is 6.88. The van der Waals surface area contributed by atoms with Gasteiger partial charge in [-0.3, -0.25) is 0 Å². The van der Waals surface area contributed by atoms with Gasteiger partial charge in [-0.15, -0.1) is 0 Å². The SMILES string of the molecule is COC[C@H]1OC[C@@H](O)[C@@H](O)[C@@H]1O. The monoisotopic (exact) mass is 178 g/mol. The van der Waals surface area contributed by atoms with Crippen molar-refractivity contribution >= 4 is 0 Å². The number of hydrogen-bond donors (Lipinski definition) is 3. The Hall–Kier alpha value is -0.200. The molecule has 0 spiro atoms. The van der Waals surface area contributed by atoms with Crippen molar-refractivity contribution in [2.24, 2.45) is 0 Å². The first-order valence-electron chi connectivity index (χ1n) is 3.81. The van der Waals surface area contributed by atoms with Crippen LogP contribution in [0.1, 0.15) is 0 Å². The lowest BCUT2D eigenvalue weighted by Crippen LogP contribution is -2.54. The predicted octanol–water partition coefficient (Wildman–Crippen LogP) is -1.89. The molecule has 4 atom stereocenters. The van der Waals surface area contributed by atoms with Gasteiger partial charge < -0.3 is 24.8 Å². The van der Waals surface area contributed by atoms with Crippen LogP contribution in [0.25, 0.3) is 0 Å². The van der Waals surface area contributed by atoms with Gasteiger partial charge in [0.2, 0.25) is 0 Å². The Kier molecular flexibility index (Phi) is 3.42. The molecule has 0 bridgehead atoms. The van der Waals surface area contributed by atoms with Crippen molar-refractivity contribution in [1.82, 2.24) is 0 Å². The predicted molar refractivity (Wildman–Crippen MR) is 39.6 cm³/mol. The lowest BCUT2D eigenvalue weighted by Gasteiger charge is -2.34. The number of aliphatic hydroxyl groups excluding tert-OH is 3. The van der Waals surface area contributed by atoms with Crippen molar-refractivity contribution in [1.29, 1.82) is 0 Å². The van der Waals surface area contributed by atoms with Crippen LogP contribution in [0.5, 0.6) is 0 Å². The Bertz CT molecular complexity index is 140. The van der Waals surface area contributed by atoms with Gasteiger partial charge in [0.05, 0.1) is 13.2 Å². The zero-order valence-corrected chi connectivity index (χ0v) is 6.88. The first-order valence-corrected chi connectivity index (χ1v) is 3.81. The largest absolute Gasteiger partial charge is 0.388 e. The minimum absolute atomic E-state index is 0.0340. The van der Waals surface area contributed by atoms with Crippen LogP contribution in [0.4, 0.5) is 0 Å². The van der Waals surface area contributed by atoms with Gasteiger partial charge in [0.15, 0.2) is 0 Å². The highest BCUT2D eigenvalue weighted by atomic mass is 16.6. The van der Waals surface area contributed by atoms with Crippen LogP contribution in [0.3, 0.4) is 0 Å². The van der Waals surface area contributed by atoms with E-state index in [1.807, 2.05) is 0 Å². The topological polar surface area (TPSA) is 79.2 Å². The van der Waals surface area contributed by atoms with Crippen molar-refractivity contribution < 1.29 is 24.8 Å². The number of hydrogen-bond acceptors (Lipinski definition) is 5. The van der Waals surface area contributed by atoms with E-state index in [1.54, 1.807) is 0 Å². The van der Waals surface area contributed by atoms with Gasteiger partial charge in [-0.2, -0.15) is 0 Å². The fraction of sp³-hybridized carbons (Fsp3) is 1.00. The van der Waals surface area contributed by atoms with Crippen LogP contribution in [0, 0.1) is 0 Å². The fourth-order valence-corrected chi connectivity index (χ4v) is 1.18. The molecule has 0 amide bonds. The van der Waals surface area contributed by atoms with Crippen molar-refractivity contribution in [2.75, 3.05) is 20.3 Å². The van der Waals surface area contributed by atoms with Crippen molar-refractivity contribution in [3.05, 3.63) is 0 Å². The molecule has 1 aliphatic rings. The van der Waals surface area contributed by atoms with Crippen LogP contribution in [0.15, 0.2) is 0 Å². The molecule has 0 unspecified atom stereocenters. The van der Waals surface area contributed by atoms with E-state index in [4.69, 9.17) is 14.6 Å². The first-order chi connectivity index (χ1) is 5.66. The summed E-state index contributed by atoms with van der Waals surface area (Å²) in [5.41, 5.74) is 0. The summed E-state index contributed by atoms with van der Waals surface area (Å²) in [6.07, 6.45) is -3.77. The second kappa shape index (κ2) is 4.15. The molecule has 72 valence electrons. The third kappa shape index (κ3) is 1.94. The van der Waals surface area contributed by atoms with Crippen LogP contribution in [-0.4, -0.2) is 60.1 Å². The van der Waals surface area contributed by atoms with E-state index in [0.717, 1.165) is 0 Å². The average molecular weight is 178 g/mol. The lowest BCUT2D eigenvalue weighted by molar-refractivity contribution is -0.197. The van der Waals surface area contributed by atoms with Gasteiger partial charge in [0.1, 0.15) is 24.4 Å².